The summed E-state index contributed by atoms with van der Waals surface area (Å²) >= 11 is 0. The summed E-state index contributed by atoms with van der Waals surface area (Å²) in [4.78, 5) is 6.51. The number of nitrogens with zero attached hydrogens (tertiary/aromatic N) is 2. The van der Waals surface area contributed by atoms with E-state index in [1.54, 1.807) is 6.07 Å². The highest BCUT2D eigenvalue weighted by Gasteiger charge is 2.23. The van der Waals surface area contributed by atoms with Crippen LogP contribution in [0.4, 0.5) is 4.39 Å². The SMILES string of the molecule is Fc1ccc2c(c1)CN(C1=NCCN1)C2. The highest BCUT2D eigenvalue weighted by Crippen LogP contribution is 2.23. The molecule has 78 valence electrons. The number of hydrogen-bond acceptors (Lipinski definition) is 3. The van der Waals surface area contributed by atoms with E-state index in [2.05, 4.69) is 15.2 Å². The third kappa shape index (κ3) is 1.46. The van der Waals surface area contributed by atoms with Crippen molar-refractivity contribution in [3.8, 4) is 0 Å². The highest BCUT2D eigenvalue weighted by atomic mass is 19.1. The number of halogens is 1. The second-order valence-electron chi connectivity index (χ2n) is 3.90. The first kappa shape index (κ1) is 8.71. The van der Waals surface area contributed by atoms with Crippen LogP contribution in [-0.4, -0.2) is 23.9 Å². The molecule has 0 radical (unpaired) electrons. The van der Waals surface area contributed by atoms with Crippen LogP contribution >= 0.6 is 0 Å². The lowest BCUT2D eigenvalue weighted by atomic mass is 10.1. The van der Waals surface area contributed by atoms with Crippen molar-refractivity contribution < 1.29 is 4.39 Å². The Kier molecular flexibility index (Phi) is 1.87. The predicted octanol–water partition coefficient (Wildman–Crippen LogP) is 1.10. The fourth-order valence-corrected chi connectivity index (χ4v) is 2.11. The smallest absolute Gasteiger partial charge is 0.194 e. The van der Waals surface area contributed by atoms with Crippen LogP contribution in [0, 0.1) is 5.82 Å². The van der Waals surface area contributed by atoms with E-state index in [4.69, 9.17) is 0 Å². The van der Waals surface area contributed by atoms with Gasteiger partial charge < -0.3 is 10.2 Å². The molecule has 1 aromatic carbocycles. The van der Waals surface area contributed by atoms with Crippen molar-refractivity contribution in [2.24, 2.45) is 4.99 Å². The lowest BCUT2D eigenvalue weighted by molar-refractivity contribution is 0.435. The molecule has 2 aliphatic rings. The second-order valence-corrected chi connectivity index (χ2v) is 3.90. The van der Waals surface area contributed by atoms with Crippen LogP contribution in [0.1, 0.15) is 11.1 Å². The first-order chi connectivity index (χ1) is 7.33. The molecule has 0 aliphatic carbocycles. The van der Waals surface area contributed by atoms with Gasteiger partial charge in [-0.15, -0.1) is 0 Å². The molecule has 0 spiro atoms. The van der Waals surface area contributed by atoms with Crippen molar-refractivity contribution in [2.75, 3.05) is 13.1 Å². The van der Waals surface area contributed by atoms with E-state index in [0.717, 1.165) is 37.7 Å². The minimum atomic E-state index is -0.156. The molecule has 1 aromatic rings. The predicted molar refractivity (Wildman–Crippen MR) is 56.0 cm³/mol. The van der Waals surface area contributed by atoms with Crippen molar-refractivity contribution in [1.82, 2.24) is 10.2 Å². The fourth-order valence-electron chi connectivity index (χ4n) is 2.11. The van der Waals surface area contributed by atoms with Crippen molar-refractivity contribution in [1.29, 1.82) is 0 Å². The Hall–Kier alpha value is -1.58. The average molecular weight is 205 g/mol. The van der Waals surface area contributed by atoms with E-state index < -0.39 is 0 Å². The molecule has 15 heavy (non-hydrogen) atoms. The molecule has 0 amide bonds. The zero-order valence-corrected chi connectivity index (χ0v) is 8.33. The summed E-state index contributed by atoms with van der Waals surface area (Å²) in [6, 6.07) is 5.00. The van der Waals surface area contributed by atoms with Crippen LogP contribution in [0.2, 0.25) is 0 Å². The number of guanidine groups is 1. The van der Waals surface area contributed by atoms with Crippen LogP contribution < -0.4 is 5.32 Å². The van der Waals surface area contributed by atoms with E-state index in [9.17, 15) is 4.39 Å². The second kappa shape index (κ2) is 3.22. The molecule has 0 bridgehead atoms. The molecule has 0 unspecified atom stereocenters. The molecular weight excluding hydrogens is 193 g/mol. The van der Waals surface area contributed by atoms with E-state index in [1.165, 1.54) is 11.6 Å². The molecule has 1 N–H and O–H groups in total. The van der Waals surface area contributed by atoms with Crippen molar-refractivity contribution in [2.45, 2.75) is 13.1 Å². The molecular formula is C11H12FN3. The summed E-state index contributed by atoms with van der Waals surface area (Å²) in [5.41, 5.74) is 2.28. The number of benzene rings is 1. The number of aliphatic imine (C=N–C) groups is 1. The van der Waals surface area contributed by atoms with Gasteiger partial charge >= 0.3 is 0 Å². The fraction of sp³-hybridized carbons (Fsp3) is 0.364. The Balaban J connectivity index is 1.85. The Bertz CT molecular complexity index is 428. The lowest BCUT2D eigenvalue weighted by Gasteiger charge is -2.16. The molecule has 3 rings (SSSR count). The van der Waals surface area contributed by atoms with E-state index >= 15 is 0 Å². The van der Waals surface area contributed by atoms with Crippen LogP contribution in [0.3, 0.4) is 0 Å². The first-order valence-electron chi connectivity index (χ1n) is 5.13. The Labute approximate surface area is 87.6 Å². The molecule has 0 saturated heterocycles. The topological polar surface area (TPSA) is 27.6 Å². The summed E-state index contributed by atoms with van der Waals surface area (Å²) in [5, 5.41) is 3.23. The Morgan fingerprint density at radius 2 is 2.13 bits per heavy atom. The molecule has 2 heterocycles. The van der Waals surface area contributed by atoms with Gasteiger partial charge in [-0.25, -0.2) is 4.39 Å². The van der Waals surface area contributed by atoms with Gasteiger partial charge in [-0.2, -0.15) is 0 Å². The number of fused-ring (bicyclic) bond motifs is 1. The standard InChI is InChI=1S/C11H12FN3/c12-10-2-1-8-6-15(7-9(8)5-10)11-13-3-4-14-11/h1-2,5H,3-4,6-7H2,(H,13,14). The van der Waals surface area contributed by atoms with Gasteiger partial charge in [0.05, 0.1) is 6.54 Å². The minimum Gasteiger partial charge on any atom is -0.354 e. The van der Waals surface area contributed by atoms with E-state index in [-0.39, 0.29) is 5.82 Å². The van der Waals surface area contributed by atoms with Gasteiger partial charge in [-0.05, 0) is 23.3 Å². The summed E-state index contributed by atoms with van der Waals surface area (Å²) in [6.07, 6.45) is 0. The maximum absolute atomic E-state index is 13.0. The molecule has 0 aromatic heterocycles. The lowest BCUT2D eigenvalue weighted by Crippen LogP contribution is -2.34. The zero-order valence-electron chi connectivity index (χ0n) is 8.33. The zero-order chi connectivity index (χ0) is 10.3. The minimum absolute atomic E-state index is 0.156. The maximum Gasteiger partial charge on any atom is 0.194 e. The third-order valence-electron chi connectivity index (χ3n) is 2.85. The van der Waals surface area contributed by atoms with Gasteiger partial charge in [-0.1, -0.05) is 6.07 Å². The quantitative estimate of drug-likeness (QED) is 0.687. The first-order valence-corrected chi connectivity index (χ1v) is 5.13. The number of hydrogen-bond donors (Lipinski definition) is 1. The van der Waals surface area contributed by atoms with Gasteiger partial charge in [0, 0.05) is 19.6 Å². The number of rotatable bonds is 0. The summed E-state index contributed by atoms with van der Waals surface area (Å²) in [6.45, 7) is 3.35. The largest absolute Gasteiger partial charge is 0.354 e. The van der Waals surface area contributed by atoms with Crippen LogP contribution in [0.5, 0.6) is 0 Å². The Morgan fingerprint density at radius 3 is 2.93 bits per heavy atom. The maximum atomic E-state index is 13.0. The molecule has 0 atom stereocenters. The summed E-state index contributed by atoms with van der Waals surface area (Å²) in [5.74, 6) is 0.795. The molecule has 0 fully saturated rings. The monoisotopic (exact) mass is 205 g/mol. The Morgan fingerprint density at radius 1 is 1.27 bits per heavy atom. The van der Waals surface area contributed by atoms with Gasteiger partial charge in [-0.3, -0.25) is 4.99 Å². The van der Waals surface area contributed by atoms with Crippen molar-refractivity contribution in [3.63, 3.8) is 0 Å². The summed E-state index contributed by atoms with van der Waals surface area (Å²) in [7, 11) is 0. The normalized spacial score (nSPS) is 18.7. The van der Waals surface area contributed by atoms with E-state index in [1.807, 2.05) is 6.07 Å². The van der Waals surface area contributed by atoms with Gasteiger partial charge in [0.2, 0.25) is 0 Å². The molecule has 2 aliphatic heterocycles. The summed E-state index contributed by atoms with van der Waals surface area (Å²) < 4.78 is 13.0. The molecule has 0 saturated carbocycles. The number of nitrogens with one attached hydrogen (secondary N) is 1. The highest BCUT2D eigenvalue weighted by molar-refractivity contribution is 5.82. The van der Waals surface area contributed by atoms with E-state index in [0.29, 0.717) is 0 Å². The van der Waals surface area contributed by atoms with Crippen molar-refractivity contribution >= 4 is 5.96 Å². The van der Waals surface area contributed by atoms with Gasteiger partial charge in [0.15, 0.2) is 5.96 Å². The van der Waals surface area contributed by atoms with Crippen LogP contribution in [0.15, 0.2) is 23.2 Å². The third-order valence-corrected chi connectivity index (χ3v) is 2.85. The average Bonchev–Trinajstić information content (AvgIpc) is 2.84. The van der Waals surface area contributed by atoms with Gasteiger partial charge in [0.1, 0.15) is 5.82 Å². The van der Waals surface area contributed by atoms with Crippen molar-refractivity contribution in [3.05, 3.63) is 35.1 Å². The molecule has 3 nitrogen and oxygen atoms in total. The van der Waals surface area contributed by atoms with Gasteiger partial charge in [0.25, 0.3) is 0 Å². The van der Waals surface area contributed by atoms with Crippen LogP contribution in [0.25, 0.3) is 0 Å². The van der Waals surface area contributed by atoms with Crippen LogP contribution in [-0.2, 0) is 13.1 Å². The molecule has 4 heteroatoms.